The average Bonchev–Trinajstić information content (AvgIpc) is 2.57. The van der Waals surface area contributed by atoms with Gasteiger partial charge in [-0.2, -0.15) is 5.10 Å². The summed E-state index contributed by atoms with van der Waals surface area (Å²) in [6, 6.07) is 10.5. The lowest BCUT2D eigenvalue weighted by Gasteiger charge is -2.09. The first-order valence-corrected chi connectivity index (χ1v) is 8.74. The van der Waals surface area contributed by atoms with Gasteiger partial charge in [0.2, 0.25) is 5.95 Å². The van der Waals surface area contributed by atoms with Gasteiger partial charge < -0.3 is 0 Å². The summed E-state index contributed by atoms with van der Waals surface area (Å²) in [5.41, 5.74) is 8.41. The molecule has 4 nitrogen and oxygen atoms in total. The van der Waals surface area contributed by atoms with Gasteiger partial charge in [0.25, 0.3) is 0 Å². The summed E-state index contributed by atoms with van der Waals surface area (Å²) in [7, 11) is 0. The monoisotopic (exact) mass is 324 g/mol. The third-order valence-corrected chi connectivity index (χ3v) is 3.99. The first-order valence-electron chi connectivity index (χ1n) is 8.74. The molecule has 0 spiro atoms. The molecule has 0 saturated heterocycles. The minimum absolute atomic E-state index is 0.506. The van der Waals surface area contributed by atoms with Crippen molar-refractivity contribution in [2.45, 2.75) is 59.8 Å². The molecule has 0 bridgehead atoms. The maximum atomic E-state index is 4.55. The second kappa shape index (κ2) is 8.57. The lowest BCUT2D eigenvalue weighted by atomic mass is 9.99. The third kappa shape index (κ3) is 5.15. The van der Waals surface area contributed by atoms with Crippen LogP contribution in [-0.4, -0.2) is 15.7 Å². The minimum atomic E-state index is 0.506. The van der Waals surface area contributed by atoms with Crippen LogP contribution >= 0.6 is 0 Å². The molecule has 1 aromatic heterocycles. The van der Waals surface area contributed by atoms with Crippen LogP contribution in [0.3, 0.4) is 0 Å². The lowest BCUT2D eigenvalue weighted by molar-refractivity contribution is 0.772. The number of aryl methyl sites for hydroxylation is 2. The van der Waals surface area contributed by atoms with E-state index in [2.05, 4.69) is 65.5 Å². The second-order valence-corrected chi connectivity index (χ2v) is 6.52. The highest BCUT2D eigenvalue weighted by Gasteiger charge is 2.04. The molecule has 0 saturated carbocycles. The van der Waals surface area contributed by atoms with Gasteiger partial charge in [-0.1, -0.05) is 45.4 Å². The zero-order valence-electron chi connectivity index (χ0n) is 15.4. The van der Waals surface area contributed by atoms with Crippen LogP contribution in [0.5, 0.6) is 0 Å². The normalized spacial score (nSPS) is 11.8. The molecule has 24 heavy (non-hydrogen) atoms. The van der Waals surface area contributed by atoms with Crippen LogP contribution in [0.25, 0.3) is 0 Å². The Hall–Kier alpha value is -2.23. The molecule has 0 atom stereocenters. The fourth-order valence-electron chi connectivity index (χ4n) is 2.49. The zero-order chi connectivity index (χ0) is 17.5. The highest BCUT2D eigenvalue weighted by molar-refractivity contribution is 5.99. The highest BCUT2D eigenvalue weighted by atomic mass is 15.4. The average molecular weight is 324 g/mol. The van der Waals surface area contributed by atoms with Crippen molar-refractivity contribution in [1.82, 2.24) is 9.97 Å². The Labute approximate surface area is 145 Å². The molecule has 0 aliphatic rings. The maximum Gasteiger partial charge on any atom is 0.243 e. The van der Waals surface area contributed by atoms with Crippen molar-refractivity contribution in [3.05, 3.63) is 52.8 Å². The van der Waals surface area contributed by atoms with E-state index in [1.807, 2.05) is 19.9 Å². The van der Waals surface area contributed by atoms with E-state index in [9.17, 15) is 0 Å². The SMILES string of the molecule is CCCCc1cc(C)nc(NN=C(C)c2cccc(C(C)C)c2)n1. The van der Waals surface area contributed by atoms with Gasteiger partial charge in [0.05, 0.1) is 5.71 Å². The molecule has 0 fully saturated rings. The number of rotatable bonds is 7. The van der Waals surface area contributed by atoms with E-state index in [1.54, 1.807) is 0 Å². The van der Waals surface area contributed by atoms with Crippen LogP contribution < -0.4 is 5.43 Å². The van der Waals surface area contributed by atoms with Crippen molar-refractivity contribution in [1.29, 1.82) is 0 Å². The number of anilines is 1. The summed E-state index contributed by atoms with van der Waals surface area (Å²) in [4.78, 5) is 8.98. The molecular weight excluding hydrogens is 296 g/mol. The highest BCUT2D eigenvalue weighted by Crippen LogP contribution is 2.16. The van der Waals surface area contributed by atoms with E-state index in [0.29, 0.717) is 11.9 Å². The van der Waals surface area contributed by atoms with Gasteiger partial charge in [-0.3, -0.25) is 0 Å². The van der Waals surface area contributed by atoms with Crippen molar-refractivity contribution >= 4 is 11.7 Å². The predicted molar refractivity (Wildman–Crippen MR) is 102 cm³/mol. The van der Waals surface area contributed by atoms with E-state index in [0.717, 1.165) is 41.9 Å². The van der Waals surface area contributed by atoms with Crippen molar-refractivity contribution in [3.8, 4) is 0 Å². The Kier molecular flexibility index (Phi) is 6.47. The number of nitrogens with zero attached hydrogens (tertiary/aromatic N) is 3. The topological polar surface area (TPSA) is 50.2 Å². The largest absolute Gasteiger partial charge is 0.245 e. The fraction of sp³-hybridized carbons (Fsp3) is 0.450. The van der Waals surface area contributed by atoms with Gasteiger partial charge in [-0.05, 0) is 55.9 Å². The van der Waals surface area contributed by atoms with Crippen molar-refractivity contribution in [3.63, 3.8) is 0 Å². The van der Waals surface area contributed by atoms with E-state index >= 15 is 0 Å². The summed E-state index contributed by atoms with van der Waals surface area (Å²) >= 11 is 0. The number of benzene rings is 1. The van der Waals surface area contributed by atoms with Crippen LogP contribution in [0, 0.1) is 6.92 Å². The fourth-order valence-corrected chi connectivity index (χ4v) is 2.49. The molecule has 2 aromatic rings. The van der Waals surface area contributed by atoms with E-state index in [-0.39, 0.29) is 0 Å². The van der Waals surface area contributed by atoms with Crippen LogP contribution in [0.2, 0.25) is 0 Å². The number of unbranched alkanes of at least 4 members (excludes halogenated alkanes) is 1. The van der Waals surface area contributed by atoms with Crippen LogP contribution in [-0.2, 0) is 6.42 Å². The number of nitrogens with one attached hydrogen (secondary N) is 1. The second-order valence-electron chi connectivity index (χ2n) is 6.52. The molecule has 0 amide bonds. The van der Waals surface area contributed by atoms with Gasteiger partial charge in [-0.15, -0.1) is 0 Å². The Bertz CT molecular complexity index is 705. The van der Waals surface area contributed by atoms with Gasteiger partial charge in [0.15, 0.2) is 0 Å². The molecule has 1 heterocycles. The third-order valence-electron chi connectivity index (χ3n) is 3.99. The minimum Gasteiger partial charge on any atom is -0.245 e. The maximum absolute atomic E-state index is 4.55. The van der Waals surface area contributed by atoms with Crippen LogP contribution in [0.4, 0.5) is 5.95 Å². The smallest absolute Gasteiger partial charge is 0.243 e. The molecule has 1 N–H and O–H groups in total. The Balaban J connectivity index is 2.14. The quantitative estimate of drug-likeness (QED) is 0.570. The molecule has 128 valence electrons. The van der Waals surface area contributed by atoms with Crippen LogP contribution in [0.1, 0.15) is 69.0 Å². The molecule has 2 rings (SSSR count). The summed E-state index contributed by atoms with van der Waals surface area (Å²) in [6.45, 7) is 10.6. The first kappa shape index (κ1) is 18.1. The molecule has 0 aliphatic carbocycles. The first-order chi connectivity index (χ1) is 11.5. The Morgan fingerprint density at radius 3 is 2.71 bits per heavy atom. The molecule has 1 aromatic carbocycles. The Morgan fingerprint density at radius 2 is 2.00 bits per heavy atom. The molecule has 4 heteroatoms. The molecule has 0 unspecified atom stereocenters. The molecule has 0 aliphatic heterocycles. The number of aromatic nitrogens is 2. The summed E-state index contributed by atoms with van der Waals surface area (Å²) in [5.74, 6) is 1.08. The van der Waals surface area contributed by atoms with Gasteiger partial charge in [0, 0.05) is 11.4 Å². The van der Waals surface area contributed by atoms with Crippen molar-refractivity contribution in [2.75, 3.05) is 5.43 Å². The number of hydrogen-bond acceptors (Lipinski definition) is 4. The molecular formula is C20H28N4. The summed E-state index contributed by atoms with van der Waals surface area (Å²) in [6.07, 6.45) is 3.28. The van der Waals surface area contributed by atoms with Gasteiger partial charge >= 0.3 is 0 Å². The van der Waals surface area contributed by atoms with E-state index in [1.165, 1.54) is 5.56 Å². The zero-order valence-corrected chi connectivity index (χ0v) is 15.4. The van der Waals surface area contributed by atoms with Crippen molar-refractivity contribution in [2.24, 2.45) is 5.10 Å². The van der Waals surface area contributed by atoms with Crippen LogP contribution in [0.15, 0.2) is 35.4 Å². The van der Waals surface area contributed by atoms with Gasteiger partial charge in [0.1, 0.15) is 0 Å². The van der Waals surface area contributed by atoms with E-state index < -0.39 is 0 Å². The number of hydrogen-bond donors (Lipinski definition) is 1. The summed E-state index contributed by atoms with van der Waals surface area (Å²) in [5, 5.41) is 4.47. The van der Waals surface area contributed by atoms with Crippen molar-refractivity contribution < 1.29 is 0 Å². The van der Waals surface area contributed by atoms with E-state index in [4.69, 9.17) is 0 Å². The van der Waals surface area contributed by atoms with Gasteiger partial charge in [-0.25, -0.2) is 15.4 Å². The standard InChI is InChI=1S/C20H28N4/c1-6-7-11-19-12-15(4)21-20(22-19)24-23-16(5)18-10-8-9-17(13-18)14(2)3/h8-10,12-14H,6-7,11H2,1-5H3,(H,21,22,24). The summed E-state index contributed by atoms with van der Waals surface area (Å²) < 4.78 is 0. The predicted octanol–water partition coefficient (Wildman–Crippen LogP) is 5.09. The lowest BCUT2D eigenvalue weighted by Crippen LogP contribution is -2.05. The Morgan fingerprint density at radius 1 is 1.21 bits per heavy atom. The number of hydrazone groups is 1. The molecule has 0 radical (unpaired) electrons.